The summed E-state index contributed by atoms with van der Waals surface area (Å²) in [7, 11) is 2.27. The van der Waals surface area contributed by atoms with E-state index in [0.717, 1.165) is 11.9 Å². The molecule has 0 heterocycles. The molecular weight excluding hydrogens is 298 g/mol. The monoisotopic (exact) mass is 323 g/mol. The first kappa shape index (κ1) is 15.1. The van der Waals surface area contributed by atoms with Crippen LogP contribution in [0.2, 0.25) is 0 Å². The number of hydrogen-bond acceptors (Lipinski definition) is 1. The lowest BCUT2D eigenvalue weighted by molar-refractivity contribution is 0.171. The molecule has 0 unspecified atom stereocenters. The third-order valence-electron chi connectivity index (χ3n) is 4.35. The molecule has 2 rings (SSSR count). The molecule has 1 nitrogen and oxygen atoms in total. The molecule has 106 valence electrons. The summed E-state index contributed by atoms with van der Waals surface area (Å²) in [6, 6.07) is 10.8. The highest BCUT2D eigenvalue weighted by Crippen LogP contribution is 2.37. The molecule has 1 aromatic carbocycles. The average Bonchev–Trinajstić information content (AvgIpc) is 2.66. The molecule has 0 N–H and O–H groups in total. The Labute approximate surface area is 126 Å². The number of alkyl halides is 1. The molecule has 2 heteroatoms. The quantitative estimate of drug-likeness (QED) is 0.552. The Morgan fingerprint density at radius 3 is 2.26 bits per heavy atom. The van der Waals surface area contributed by atoms with Gasteiger partial charge in [0.2, 0.25) is 0 Å². The molecule has 1 aliphatic carbocycles. The lowest BCUT2D eigenvalue weighted by atomic mass is 9.82. The van der Waals surface area contributed by atoms with E-state index in [0.29, 0.717) is 5.41 Å². The molecule has 0 radical (unpaired) electrons. The normalized spacial score (nSPS) is 19.3. The highest BCUT2D eigenvalue weighted by Gasteiger charge is 2.30. The number of nitrogens with zero attached hydrogens (tertiary/aromatic N) is 1. The Bertz CT molecular complexity index is 355. The minimum atomic E-state index is 0.500. The van der Waals surface area contributed by atoms with Crippen molar-refractivity contribution in [3.63, 3.8) is 0 Å². The van der Waals surface area contributed by atoms with Crippen molar-refractivity contribution in [3.05, 3.63) is 35.9 Å². The van der Waals surface area contributed by atoms with Crippen LogP contribution in [0.1, 0.15) is 44.1 Å². The molecule has 1 aliphatic rings. The topological polar surface area (TPSA) is 3.24 Å². The van der Waals surface area contributed by atoms with Gasteiger partial charge in [0.05, 0.1) is 0 Å². The van der Waals surface area contributed by atoms with Crippen LogP contribution in [0, 0.1) is 5.41 Å². The fourth-order valence-electron chi connectivity index (χ4n) is 3.34. The predicted molar refractivity (Wildman–Crippen MR) is 86.7 cm³/mol. The van der Waals surface area contributed by atoms with Crippen LogP contribution in [-0.4, -0.2) is 23.8 Å². The van der Waals surface area contributed by atoms with Crippen LogP contribution in [0.3, 0.4) is 0 Å². The van der Waals surface area contributed by atoms with Gasteiger partial charge in [-0.3, -0.25) is 0 Å². The van der Waals surface area contributed by atoms with Crippen molar-refractivity contribution in [1.82, 2.24) is 4.90 Å². The van der Waals surface area contributed by atoms with Gasteiger partial charge in [-0.2, -0.15) is 0 Å². The molecule has 1 saturated carbocycles. The molecule has 0 aromatic heterocycles. The van der Waals surface area contributed by atoms with Crippen molar-refractivity contribution in [1.29, 1.82) is 0 Å². The van der Waals surface area contributed by atoms with Crippen molar-refractivity contribution in [2.45, 2.75) is 45.1 Å². The minimum absolute atomic E-state index is 0.500. The van der Waals surface area contributed by atoms with Gasteiger partial charge in [-0.05, 0) is 30.9 Å². The summed E-state index contributed by atoms with van der Waals surface area (Å²) < 4.78 is 0. The molecule has 0 saturated heterocycles. The number of hydrogen-bond donors (Lipinski definition) is 0. The van der Waals surface area contributed by atoms with Gasteiger partial charge in [-0.25, -0.2) is 0 Å². The van der Waals surface area contributed by atoms with Gasteiger partial charge in [0.1, 0.15) is 0 Å². The zero-order valence-corrected chi connectivity index (χ0v) is 13.7. The van der Waals surface area contributed by atoms with Crippen molar-refractivity contribution >= 4 is 15.9 Å². The fraction of sp³-hybridized carbons (Fsp3) is 0.647. The number of benzene rings is 1. The predicted octanol–water partition coefficient (Wildman–Crippen LogP) is 4.85. The van der Waals surface area contributed by atoms with Gasteiger partial charge in [0.15, 0.2) is 0 Å². The van der Waals surface area contributed by atoms with Gasteiger partial charge in [0, 0.05) is 18.4 Å². The van der Waals surface area contributed by atoms with Crippen molar-refractivity contribution in [2.75, 3.05) is 18.9 Å². The third kappa shape index (κ3) is 4.61. The zero-order chi connectivity index (χ0) is 13.6. The summed E-state index contributed by atoms with van der Waals surface area (Å²) in [6.07, 6.45) is 8.44. The highest BCUT2D eigenvalue weighted by molar-refractivity contribution is 9.09. The van der Waals surface area contributed by atoms with Gasteiger partial charge >= 0.3 is 0 Å². The summed E-state index contributed by atoms with van der Waals surface area (Å²) >= 11 is 3.79. The van der Waals surface area contributed by atoms with Crippen LogP contribution in [0.15, 0.2) is 30.3 Å². The Morgan fingerprint density at radius 1 is 1.05 bits per heavy atom. The molecule has 0 amide bonds. The van der Waals surface area contributed by atoms with Crippen LogP contribution in [-0.2, 0) is 6.54 Å². The third-order valence-corrected chi connectivity index (χ3v) is 5.54. The molecule has 0 bridgehead atoms. The second-order valence-electron chi connectivity index (χ2n) is 6.21. The van der Waals surface area contributed by atoms with Gasteiger partial charge in [0.25, 0.3) is 0 Å². The Morgan fingerprint density at radius 2 is 1.68 bits per heavy atom. The smallest absolute Gasteiger partial charge is 0.0230 e. The van der Waals surface area contributed by atoms with E-state index in [-0.39, 0.29) is 0 Å². The first-order valence-corrected chi connectivity index (χ1v) is 8.65. The molecule has 0 aliphatic heterocycles. The van der Waals surface area contributed by atoms with Crippen LogP contribution in [0.5, 0.6) is 0 Å². The van der Waals surface area contributed by atoms with E-state index in [2.05, 4.69) is 58.2 Å². The van der Waals surface area contributed by atoms with Crippen LogP contribution < -0.4 is 0 Å². The molecule has 1 fully saturated rings. The maximum absolute atomic E-state index is 3.79. The maximum atomic E-state index is 3.79. The van der Waals surface area contributed by atoms with E-state index in [1.54, 1.807) is 0 Å². The summed E-state index contributed by atoms with van der Waals surface area (Å²) in [5.41, 5.74) is 1.92. The average molecular weight is 324 g/mol. The standard InChI is InChI=1S/C17H26BrN/c1-19(13-16-9-5-4-6-10-16)15-17(14-18)11-7-2-3-8-12-17/h4-6,9-10H,2-3,7-8,11-15H2,1H3. The van der Waals surface area contributed by atoms with E-state index in [1.165, 1.54) is 50.6 Å². The maximum Gasteiger partial charge on any atom is 0.0230 e. The van der Waals surface area contributed by atoms with Crippen LogP contribution >= 0.6 is 15.9 Å². The lowest BCUT2D eigenvalue weighted by Gasteiger charge is -2.35. The number of rotatable bonds is 5. The van der Waals surface area contributed by atoms with Gasteiger partial charge in [-0.15, -0.1) is 0 Å². The fourth-order valence-corrected chi connectivity index (χ4v) is 4.07. The van der Waals surface area contributed by atoms with Crippen molar-refractivity contribution < 1.29 is 0 Å². The van der Waals surface area contributed by atoms with Gasteiger partial charge < -0.3 is 4.90 Å². The van der Waals surface area contributed by atoms with E-state index in [9.17, 15) is 0 Å². The second kappa shape index (κ2) is 7.44. The van der Waals surface area contributed by atoms with Crippen molar-refractivity contribution in [3.8, 4) is 0 Å². The Balaban J connectivity index is 1.93. The lowest BCUT2D eigenvalue weighted by Crippen LogP contribution is -2.36. The molecule has 0 spiro atoms. The summed E-state index contributed by atoms with van der Waals surface area (Å²) in [4.78, 5) is 2.50. The van der Waals surface area contributed by atoms with E-state index in [1.807, 2.05) is 0 Å². The van der Waals surface area contributed by atoms with Crippen LogP contribution in [0.25, 0.3) is 0 Å². The largest absolute Gasteiger partial charge is 0.302 e. The highest BCUT2D eigenvalue weighted by atomic mass is 79.9. The summed E-state index contributed by atoms with van der Waals surface area (Å²) in [5.74, 6) is 0. The van der Waals surface area contributed by atoms with E-state index >= 15 is 0 Å². The number of halogens is 1. The Hall–Kier alpha value is -0.340. The first-order valence-electron chi connectivity index (χ1n) is 7.53. The first-order chi connectivity index (χ1) is 9.24. The molecule has 19 heavy (non-hydrogen) atoms. The Kier molecular flexibility index (Phi) is 5.90. The summed E-state index contributed by atoms with van der Waals surface area (Å²) in [6.45, 7) is 2.28. The van der Waals surface area contributed by atoms with Gasteiger partial charge in [-0.1, -0.05) is 71.9 Å². The van der Waals surface area contributed by atoms with E-state index < -0.39 is 0 Å². The van der Waals surface area contributed by atoms with Crippen molar-refractivity contribution in [2.24, 2.45) is 5.41 Å². The second-order valence-corrected chi connectivity index (χ2v) is 6.77. The minimum Gasteiger partial charge on any atom is -0.302 e. The van der Waals surface area contributed by atoms with E-state index in [4.69, 9.17) is 0 Å². The zero-order valence-electron chi connectivity index (χ0n) is 12.1. The summed E-state index contributed by atoms with van der Waals surface area (Å²) in [5, 5.41) is 1.15. The molecule has 1 aromatic rings. The SMILES string of the molecule is CN(Cc1ccccc1)CC1(CBr)CCCCCC1. The molecular formula is C17H26BrN. The van der Waals surface area contributed by atoms with Crippen LogP contribution in [0.4, 0.5) is 0 Å². The molecule has 0 atom stereocenters.